The second kappa shape index (κ2) is 11.7. The number of thioether (sulfide) groups is 1. The Bertz CT molecular complexity index is 1440. The summed E-state index contributed by atoms with van der Waals surface area (Å²) in [6.07, 6.45) is 1.48. The third-order valence-corrected chi connectivity index (χ3v) is 6.25. The first-order chi connectivity index (χ1) is 18.2. The number of nitrogens with zero attached hydrogens (tertiary/aromatic N) is 1. The lowest BCUT2D eigenvalue weighted by atomic mass is 10.2. The van der Waals surface area contributed by atoms with E-state index in [1.807, 2.05) is 25.1 Å². The molecule has 0 radical (unpaired) electrons. The van der Waals surface area contributed by atoms with Gasteiger partial charge in [0, 0.05) is 11.8 Å². The predicted molar refractivity (Wildman–Crippen MR) is 139 cm³/mol. The SMILES string of the molecule is Cc1ccccc1NC(=O)COc1ccc(/C=C2\SC(=O)N(CC(=O)Nc3ccc(F)cc3F)C2=O)cc1. The van der Waals surface area contributed by atoms with Crippen molar-refractivity contribution in [1.29, 1.82) is 0 Å². The van der Waals surface area contributed by atoms with E-state index < -0.39 is 35.2 Å². The summed E-state index contributed by atoms with van der Waals surface area (Å²) in [6, 6.07) is 16.5. The van der Waals surface area contributed by atoms with Gasteiger partial charge in [-0.1, -0.05) is 30.3 Å². The van der Waals surface area contributed by atoms with Crippen LogP contribution in [0.5, 0.6) is 5.75 Å². The van der Waals surface area contributed by atoms with E-state index in [4.69, 9.17) is 4.74 Å². The Hall–Kier alpha value is -4.51. The number of carbonyl (C=O) groups is 4. The number of carbonyl (C=O) groups excluding carboxylic acids is 4. The Kier molecular flexibility index (Phi) is 8.17. The number of benzene rings is 3. The first-order valence-corrected chi connectivity index (χ1v) is 12.1. The number of para-hydroxylation sites is 1. The molecule has 0 spiro atoms. The summed E-state index contributed by atoms with van der Waals surface area (Å²) >= 11 is 0.661. The Labute approximate surface area is 220 Å². The van der Waals surface area contributed by atoms with Crippen molar-refractivity contribution in [3.63, 3.8) is 0 Å². The first kappa shape index (κ1) is 26.6. The zero-order valence-electron chi connectivity index (χ0n) is 20.0. The summed E-state index contributed by atoms with van der Waals surface area (Å²) in [5, 5.41) is 4.33. The minimum Gasteiger partial charge on any atom is -0.484 e. The van der Waals surface area contributed by atoms with Crippen LogP contribution in [0.2, 0.25) is 0 Å². The fraction of sp³-hybridized carbons (Fsp3) is 0.111. The van der Waals surface area contributed by atoms with Crippen molar-refractivity contribution in [3.05, 3.63) is 94.4 Å². The highest BCUT2D eigenvalue weighted by atomic mass is 32.2. The average molecular weight is 538 g/mol. The number of ether oxygens (including phenoxy) is 1. The molecule has 1 heterocycles. The zero-order valence-corrected chi connectivity index (χ0v) is 20.8. The smallest absolute Gasteiger partial charge is 0.294 e. The van der Waals surface area contributed by atoms with Crippen LogP contribution in [0, 0.1) is 18.6 Å². The molecule has 1 saturated heterocycles. The van der Waals surface area contributed by atoms with Crippen molar-refractivity contribution >= 4 is 52.2 Å². The van der Waals surface area contributed by atoms with Gasteiger partial charge in [0.2, 0.25) is 5.91 Å². The minimum absolute atomic E-state index is 0.0991. The van der Waals surface area contributed by atoms with E-state index in [0.717, 1.165) is 22.6 Å². The van der Waals surface area contributed by atoms with Gasteiger partial charge in [-0.15, -0.1) is 0 Å². The Balaban J connectivity index is 1.32. The van der Waals surface area contributed by atoms with E-state index in [9.17, 15) is 28.0 Å². The number of rotatable bonds is 8. The highest BCUT2D eigenvalue weighted by molar-refractivity contribution is 8.18. The molecular weight excluding hydrogens is 516 g/mol. The summed E-state index contributed by atoms with van der Waals surface area (Å²) in [7, 11) is 0. The molecule has 0 saturated carbocycles. The molecule has 4 amide bonds. The third-order valence-electron chi connectivity index (χ3n) is 5.35. The average Bonchev–Trinajstić information content (AvgIpc) is 3.14. The summed E-state index contributed by atoms with van der Waals surface area (Å²) in [5.41, 5.74) is 1.95. The van der Waals surface area contributed by atoms with Crippen LogP contribution in [0.3, 0.4) is 0 Å². The topological polar surface area (TPSA) is 105 Å². The van der Waals surface area contributed by atoms with Gasteiger partial charge in [0.05, 0.1) is 10.6 Å². The van der Waals surface area contributed by atoms with E-state index in [0.29, 0.717) is 34.8 Å². The van der Waals surface area contributed by atoms with E-state index in [1.54, 1.807) is 30.3 Å². The molecular formula is C27H21F2N3O5S. The van der Waals surface area contributed by atoms with Gasteiger partial charge < -0.3 is 15.4 Å². The highest BCUT2D eigenvalue weighted by Crippen LogP contribution is 2.32. The van der Waals surface area contributed by atoms with Gasteiger partial charge in [0.1, 0.15) is 23.9 Å². The molecule has 1 aliphatic heterocycles. The normalized spacial score (nSPS) is 14.1. The van der Waals surface area contributed by atoms with Gasteiger partial charge in [-0.25, -0.2) is 8.78 Å². The molecule has 1 fully saturated rings. The number of nitrogens with one attached hydrogen (secondary N) is 2. The van der Waals surface area contributed by atoms with Crippen molar-refractivity contribution < 1.29 is 32.7 Å². The Morgan fingerprint density at radius 3 is 2.37 bits per heavy atom. The van der Waals surface area contributed by atoms with E-state index in [2.05, 4.69) is 10.6 Å². The first-order valence-electron chi connectivity index (χ1n) is 11.3. The fourth-order valence-corrected chi connectivity index (χ4v) is 4.26. The molecule has 194 valence electrons. The number of aryl methyl sites for hydroxylation is 1. The van der Waals surface area contributed by atoms with Crippen LogP contribution in [0.25, 0.3) is 6.08 Å². The summed E-state index contributed by atoms with van der Waals surface area (Å²) in [4.78, 5) is 50.2. The lowest BCUT2D eigenvalue weighted by Gasteiger charge is -2.12. The van der Waals surface area contributed by atoms with Crippen LogP contribution in [0.4, 0.5) is 25.0 Å². The number of imide groups is 1. The molecule has 2 N–H and O–H groups in total. The van der Waals surface area contributed by atoms with E-state index in [-0.39, 0.29) is 23.1 Å². The van der Waals surface area contributed by atoms with Crippen LogP contribution in [-0.2, 0) is 14.4 Å². The Morgan fingerprint density at radius 1 is 0.947 bits per heavy atom. The third kappa shape index (κ3) is 6.62. The zero-order chi connectivity index (χ0) is 27.2. The molecule has 1 aliphatic rings. The second-order valence-corrected chi connectivity index (χ2v) is 9.15. The van der Waals surface area contributed by atoms with Gasteiger partial charge in [-0.2, -0.15) is 0 Å². The molecule has 4 rings (SSSR count). The lowest BCUT2D eigenvalue weighted by molar-refractivity contribution is -0.127. The largest absolute Gasteiger partial charge is 0.484 e. The maximum Gasteiger partial charge on any atom is 0.294 e. The van der Waals surface area contributed by atoms with Gasteiger partial charge in [-0.05, 0) is 66.2 Å². The monoisotopic (exact) mass is 537 g/mol. The molecule has 11 heteroatoms. The molecule has 0 bridgehead atoms. The predicted octanol–water partition coefficient (Wildman–Crippen LogP) is 4.97. The van der Waals surface area contributed by atoms with Gasteiger partial charge in [0.25, 0.3) is 17.1 Å². The molecule has 0 aromatic heterocycles. The van der Waals surface area contributed by atoms with Crippen molar-refractivity contribution in [2.24, 2.45) is 0 Å². The molecule has 0 atom stereocenters. The van der Waals surface area contributed by atoms with Crippen LogP contribution in [0.15, 0.2) is 71.6 Å². The quantitative estimate of drug-likeness (QED) is 0.394. The van der Waals surface area contributed by atoms with Gasteiger partial charge in [-0.3, -0.25) is 24.1 Å². The van der Waals surface area contributed by atoms with Crippen molar-refractivity contribution in [2.75, 3.05) is 23.8 Å². The van der Waals surface area contributed by atoms with Crippen molar-refractivity contribution in [1.82, 2.24) is 4.90 Å². The van der Waals surface area contributed by atoms with Crippen molar-refractivity contribution in [2.45, 2.75) is 6.92 Å². The molecule has 38 heavy (non-hydrogen) atoms. The number of amides is 4. The summed E-state index contributed by atoms with van der Waals surface area (Å²) in [5.74, 6) is -3.16. The molecule has 3 aromatic rings. The highest BCUT2D eigenvalue weighted by Gasteiger charge is 2.36. The standard InChI is InChI=1S/C27H21F2N3O5S/c1-16-4-2-3-5-21(16)30-25(34)15-37-19-9-6-17(7-10-19)12-23-26(35)32(27(36)38-23)14-24(33)31-22-11-8-18(28)13-20(22)29/h2-13H,14-15H2,1H3,(H,30,34)(H,31,33)/b23-12-. The fourth-order valence-electron chi connectivity index (χ4n) is 3.42. The van der Waals surface area contributed by atoms with Gasteiger partial charge in [0.15, 0.2) is 6.61 Å². The molecule has 3 aromatic carbocycles. The number of hydrogen-bond acceptors (Lipinski definition) is 6. The summed E-state index contributed by atoms with van der Waals surface area (Å²) in [6.45, 7) is 1.06. The van der Waals surface area contributed by atoms with E-state index >= 15 is 0 Å². The Morgan fingerprint density at radius 2 is 1.66 bits per heavy atom. The van der Waals surface area contributed by atoms with Crippen LogP contribution in [0.1, 0.15) is 11.1 Å². The molecule has 0 aliphatic carbocycles. The van der Waals surface area contributed by atoms with Crippen LogP contribution < -0.4 is 15.4 Å². The lowest BCUT2D eigenvalue weighted by Crippen LogP contribution is -2.36. The van der Waals surface area contributed by atoms with Crippen LogP contribution in [-0.4, -0.2) is 41.0 Å². The number of hydrogen-bond donors (Lipinski definition) is 2. The number of halogens is 2. The maximum atomic E-state index is 13.8. The second-order valence-electron chi connectivity index (χ2n) is 8.16. The molecule has 8 nitrogen and oxygen atoms in total. The van der Waals surface area contributed by atoms with Crippen LogP contribution >= 0.6 is 11.8 Å². The minimum atomic E-state index is -0.980. The number of anilines is 2. The summed E-state index contributed by atoms with van der Waals surface area (Å²) < 4.78 is 32.3. The molecule has 0 unspecified atom stereocenters. The van der Waals surface area contributed by atoms with Crippen molar-refractivity contribution in [3.8, 4) is 5.75 Å². The van der Waals surface area contributed by atoms with Gasteiger partial charge >= 0.3 is 0 Å². The maximum absolute atomic E-state index is 13.8. The van der Waals surface area contributed by atoms with E-state index in [1.165, 1.54) is 6.08 Å².